The van der Waals surface area contributed by atoms with Crippen LogP contribution in [0.25, 0.3) is 0 Å². The van der Waals surface area contributed by atoms with E-state index in [1.165, 1.54) is 6.07 Å². The van der Waals surface area contributed by atoms with Gasteiger partial charge in [-0.15, -0.1) is 0 Å². The lowest BCUT2D eigenvalue weighted by atomic mass is 10.1. The number of aryl methyl sites for hydroxylation is 1. The summed E-state index contributed by atoms with van der Waals surface area (Å²) in [7, 11) is 0. The van der Waals surface area contributed by atoms with Crippen LogP contribution in [0.3, 0.4) is 0 Å². The lowest BCUT2D eigenvalue weighted by Gasteiger charge is -2.37. The predicted molar refractivity (Wildman–Crippen MR) is 87.8 cm³/mol. The van der Waals surface area contributed by atoms with Crippen molar-refractivity contribution in [2.75, 3.05) is 37.6 Å². The average Bonchev–Trinajstić information content (AvgIpc) is 2.48. The number of hydrogen-bond acceptors (Lipinski definition) is 5. The first-order valence-electron chi connectivity index (χ1n) is 7.52. The van der Waals surface area contributed by atoms with Gasteiger partial charge in [-0.2, -0.15) is 0 Å². The Hall–Kier alpha value is -1.37. The van der Waals surface area contributed by atoms with Gasteiger partial charge in [-0.1, -0.05) is 18.5 Å². The number of piperazine rings is 1. The van der Waals surface area contributed by atoms with Gasteiger partial charge in [0.1, 0.15) is 0 Å². The molecule has 0 saturated carbocycles. The number of non-ortho nitro benzene ring substituents is 1. The van der Waals surface area contributed by atoms with Crippen LogP contribution in [-0.4, -0.2) is 53.8 Å². The molecule has 0 bridgehead atoms. The van der Waals surface area contributed by atoms with E-state index in [0.717, 1.165) is 43.9 Å². The van der Waals surface area contributed by atoms with Crippen LogP contribution in [0, 0.1) is 17.0 Å². The smallest absolute Gasteiger partial charge is 0.271 e. The molecule has 6 nitrogen and oxygen atoms in total. The summed E-state index contributed by atoms with van der Waals surface area (Å²) < 4.78 is 0. The summed E-state index contributed by atoms with van der Waals surface area (Å²) in [5.74, 6) is 0. The third-order valence-corrected chi connectivity index (χ3v) is 4.37. The second-order valence-corrected chi connectivity index (χ2v) is 6.11. The topological polar surface area (TPSA) is 69.8 Å². The summed E-state index contributed by atoms with van der Waals surface area (Å²) in [6, 6.07) is 2.98. The first-order valence-corrected chi connectivity index (χ1v) is 7.90. The molecule has 1 N–H and O–H groups in total. The number of aliphatic hydroxyl groups is 1. The number of anilines is 1. The number of aliphatic hydroxyl groups excluding tert-OH is 1. The molecule has 1 aromatic rings. The van der Waals surface area contributed by atoms with Crippen molar-refractivity contribution in [1.82, 2.24) is 4.90 Å². The molecule has 0 aromatic heterocycles. The van der Waals surface area contributed by atoms with Crippen LogP contribution >= 0.6 is 11.6 Å². The number of nitro benzene ring substituents is 1. The van der Waals surface area contributed by atoms with Crippen molar-refractivity contribution < 1.29 is 10.0 Å². The Morgan fingerprint density at radius 1 is 1.36 bits per heavy atom. The van der Waals surface area contributed by atoms with Crippen LogP contribution in [0.2, 0.25) is 5.02 Å². The molecule has 122 valence electrons. The maximum atomic E-state index is 10.9. The van der Waals surface area contributed by atoms with E-state index in [1.54, 1.807) is 6.07 Å². The van der Waals surface area contributed by atoms with Crippen LogP contribution in [0.5, 0.6) is 0 Å². The monoisotopic (exact) mass is 327 g/mol. The van der Waals surface area contributed by atoms with E-state index in [-0.39, 0.29) is 11.8 Å². The van der Waals surface area contributed by atoms with Gasteiger partial charge in [-0.3, -0.25) is 15.0 Å². The number of β-amino-alcohol motifs (C(OH)–C–C–N with tert-alkyl or cyclic N) is 1. The molecule has 0 spiro atoms. The molecule has 0 amide bonds. The molecule has 0 radical (unpaired) electrons. The lowest BCUT2D eigenvalue weighted by molar-refractivity contribution is -0.384. The number of halogens is 1. The number of nitro groups is 1. The Morgan fingerprint density at radius 3 is 2.50 bits per heavy atom. The van der Waals surface area contributed by atoms with Crippen molar-refractivity contribution in [2.45, 2.75) is 26.4 Å². The molecule has 1 saturated heterocycles. The minimum Gasteiger partial charge on any atom is -0.392 e. The summed E-state index contributed by atoms with van der Waals surface area (Å²) in [5, 5.41) is 21.0. The second kappa shape index (κ2) is 7.26. The molecule has 1 heterocycles. The second-order valence-electron chi connectivity index (χ2n) is 5.70. The van der Waals surface area contributed by atoms with Crippen LogP contribution in [-0.2, 0) is 0 Å². The molecule has 1 aliphatic heterocycles. The van der Waals surface area contributed by atoms with E-state index in [1.807, 2.05) is 13.8 Å². The molecule has 0 aliphatic carbocycles. The molecule has 1 aliphatic rings. The van der Waals surface area contributed by atoms with E-state index >= 15 is 0 Å². The van der Waals surface area contributed by atoms with Gasteiger partial charge >= 0.3 is 0 Å². The molecule has 1 aromatic carbocycles. The third kappa shape index (κ3) is 3.88. The third-order valence-electron chi connectivity index (χ3n) is 4.08. The van der Waals surface area contributed by atoms with E-state index < -0.39 is 4.92 Å². The molecule has 7 heteroatoms. The minimum absolute atomic E-state index is 0.0240. The Balaban J connectivity index is 2.07. The first kappa shape index (κ1) is 17.0. The summed E-state index contributed by atoms with van der Waals surface area (Å²) in [6.07, 6.45) is 0.476. The molecular formula is C15H22ClN3O3. The maximum absolute atomic E-state index is 10.9. The number of nitrogens with zero attached hydrogens (tertiary/aromatic N) is 3. The van der Waals surface area contributed by atoms with Gasteiger partial charge in [0.25, 0.3) is 5.69 Å². The predicted octanol–water partition coefficient (Wildman–Crippen LogP) is 2.45. The van der Waals surface area contributed by atoms with Crippen molar-refractivity contribution in [3.8, 4) is 0 Å². The molecule has 1 unspecified atom stereocenters. The van der Waals surface area contributed by atoms with Crippen molar-refractivity contribution in [3.05, 3.63) is 32.8 Å². The summed E-state index contributed by atoms with van der Waals surface area (Å²) in [5.41, 5.74) is 1.72. The van der Waals surface area contributed by atoms with Gasteiger partial charge in [0.2, 0.25) is 0 Å². The molecule has 1 fully saturated rings. The van der Waals surface area contributed by atoms with E-state index in [2.05, 4.69) is 9.80 Å². The Kier molecular flexibility index (Phi) is 5.61. The minimum atomic E-state index is -0.424. The van der Waals surface area contributed by atoms with Gasteiger partial charge in [0.15, 0.2) is 0 Å². The summed E-state index contributed by atoms with van der Waals surface area (Å²) in [4.78, 5) is 14.8. The molecule has 2 rings (SSSR count). The highest BCUT2D eigenvalue weighted by Gasteiger charge is 2.23. The van der Waals surface area contributed by atoms with Gasteiger partial charge in [0, 0.05) is 44.9 Å². The Bertz CT molecular complexity index is 522. The van der Waals surface area contributed by atoms with Gasteiger partial charge < -0.3 is 10.0 Å². The van der Waals surface area contributed by atoms with Crippen LogP contribution in [0.15, 0.2) is 12.1 Å². The van der Waals surface area contributed by atoms with E-state index in [0.29, 0.717) is 11.6 Å². The fourth-order valence-electron chi connectivity index (χ4n) is 2.81. The van der Waals surface area contributed by atoms with Crippen molar-refractivity contribution in [3.63, 3.8) is 0 Å². The highest BCUT2D eigenvalue weighted by Crippen LogP contribution is 2.34. The van der Waals surface area contributed by atoms with Crippen LogP contribution in [0.4, 0.5) is 11.4 Å². The average molecular weight is 328 g/mol. The maximum Gasteiger partial charge on any atom is 0.271 e. The molecular weight excluding hydrogens is 306 g/mol. The lowest BCUT2D eigenvalue weighted by Crippen LogP contribution is -2.48. The zero-order chi connectivity index (χ0) is 16.3. The highest BCUT2D eigenvalue weighted by atomic mass is 35.5. The van der Waals surface area contributed by atoms with Crippen molar-refractivity contribution in [2.24, 2.45) is 0 Å². The van der Waals surface area contributed by atoms with Crippen molar-refractivity contribution >= 4 is 23.0 Å². The van der Waals surface area contributed by atoms with Crippen LogP contribution < -0.4 is 4.90 Å². The number of hydrogen-bond donors (Lipinski definition) is 1. The zero-order valence-corrected chi connectivity index (χ0v) is 13.7. The summed E-state index contributed by atoms with van der Waals surface area (Å²) in [6.45, 7) is 7.82. The van der Waals surface area contributed by atoms with Crippen LogP contribution in [0.1, 0.15) is 18.9 Å². The number of benzene rings is 1. The first-order chi connectivity index (χ1) is 10.4. The fourth-order valence-corrected chi connectivity index (χ4v) is 3.19. The van der Waals surface area contributed by atoms with E-state index in [9.17, 15) is 15.2 Å². The Labute approximate surface area is 135 Å². The quantitative estimate of drug-likeness (QED) is 0.664. The molecule has 1 atom stereocenters. The normalized spacial score (nSPS) is 17.5. The van der Waals surface area contributed by atoms with Gasteiger partial charge in [0.05, 0.1) is 21.7 Å². The highest BCUT2D eigenvalue weighted by molar-refractivity contribution is 6.33. The zero-order valence-electron chi connectivity index (χ0n) is 13.0. The SMILES string of the molecule is CCC(O)CN1CCN(c2c(C)cc([N+](=O)[O-])cc2Cl)CC1. The largest absolute Gasteiger partial charge is 0.392 e. The Morgan fingerprint density at radius 2 is 2.00 bits per heavy atom. The molecule has 22 heavy (non-hydrogen) atoms. The van der Waals surface area contributed by atoms with E-state index in [4.69, 9.17) is 11.6 Å². The number of rotatable bonds is 5. The van der Waals surface area contributed by atoms with Crippen molar-refractivity contribution in [1.29, 1.82) is 0 Å². The standard InChI is InChI=1S/C15H22ClN3O3/c1-3-13(20)10-17-4-6-18(7-5-17)15-11(2)8-12(19(21)22)9-14(15)16/h8-9,13,20H,3-7,10H2,1-2H3. The van der Waals surface area contributed by atoms with Gasteiger partial charge in [-0.05, 0) is 18.9 Å². The summed E-state index contributed by atoms with van der Waals surface area (Å²) >= 11 is 6.26. The van der Waals surface area contributed by atoms with Gasteiger partial charge in [-0.25, -0.2) is 0 Å². The fraction of sp³-hybridized carbons (Fsp3) is 0.600.